The van der Waals surface area contributed by atoms with Crippen LogP contribution in [0.15, 0.2) is 42.5 Å². The van der Waals surface area contributed by atoms with E-state index in [1.807, 2.05) is 18.2 Å². The van der Waals surface area contributed by atoms with Crippen molar-refractivity contribution in [1.82, 2.24) is 10.3 Å². The quantitative estimate of drug-likeness (QED) is 0.668. The van der Waals surface area contributed by atoms with Crippen LogP contribution in [-0.2, 0) is 22.6 Å². The molecule has 4 rings (SSSR count). The summed E-state index contributed by atoms with van der Waals surface area (Å²) in [5, 5.41) is 3.55. The summed E-state index contributed by atoms with van der Waals surface area (Å²) in [5.41, 5.74) is 12.9. The lowest BCUT2D eigenvalue weighted by Crippen LogP contribution is -2.51. The molecule has 2 heterocycles. The van der Waals surface area contributed by atoms with Crippen LogP contribution in [0.3, 0.4) is 0 Å². The highest BCUT2D eigenvalue weighted by atomic mass is 16.2. The van der Waals surface area contributed by atoms with Gasteiger partial charge >= 0.3 is 0 Å². The molecule has 1 saturated heterocycles. The number of hydrogen-bond acceptors (Lipinski definition) is 4. The number of anilines is 1. The van der Waals surface area contributed by atoms with E-state index in [2.05, 4.69) is 50.4 Å². The van der Waals surface area contributed by atoms with Crippen LogP contribution >= 0.6 is 0 Å². The Labute approximate surface area is 182 Å². The molecule has 1 aliphatic rings. The molecule has 1 aliphatic heterocycles. The van der Waals surface area contributed by atoms with Crippen molar-refractivity contribution < 1.29 is 9.59 Å². The summed E-state index contributed by atoms with van der Waals surface area (Å²) >= 11 is 0. The molecule has 3 aromatic rings. The lowest BCUT2D eigenvalue weighted by atomic mass is 9.91. The fourth-order valence-electron chi connectivity index (χ4n) is 4.18. The molecule has 6 nitrogen and oxygen atoms in total. The van der Waals surface area contributed by atoms with E-state index in [0.717, 1.165) is 39.7 Å². The standard InChI is InChI=1S/C25H28N4O2/c1-15(2)11-20-19(12-26)24(17-9-7-16(3)8-10-17)18-5-4-6-21(25(18)28-20)29-14-22(30)27-13-23(29)31/h4-10,15H,11-14,26H2,1-3H3,(H,27,30). The van der Waals surface area contributed by atoms with E-state index in [-0.39, 0.29) is 24.9 Å². The SMILES string of the molecule is Cc1ccc(-c2c(CN)c(CC(C)C)nc3c(N4CC(=O)NCC4=O)cccc23)cc1. The summed E-state index contributed by atoms with van der Waals surface area (Å²) in [7, 11) is 0. The highest BCUT2D eigenvalue weighted by molar-refractivity contribution is 6.11. The zero-order chi connectivity index (χ0) is 22.1. The molecule has 0 bridgehead atoms. The van der Waals surface area contributed by atoms with E-state index >= 15 is 0 Å². The first-order valence-corrected chi connectivity index (χ1v) is 10.7. The average Bonchev–Trinajstić information content (AvgIpc) is 2.74. The third-order valence-corrected chi connectivity index (χ3v) is 5.66. The molecule has 160 valence electrons. The summed E-state index contributed by atoms with van der Waals surface area (Å²) in [4.78, 5) is 31.2. The highest BCUT2D eigenvalue weighted by Crippen LogP contribution is 2.37. The minimum atomic E-state index is -0.170. The number of nitrogens with two attached hydrogens (primary N) is 1. The molecular weight excluding hydrogens is 388 g/mol. The van der Waals surface area contributed by atoms with Gasteiger partial charge in [0.1, 0.15) is 6.54 Å². The molecule has 1 aromatic heterocycles. The van der Waals surface area contributed by atoms with Crippen molar-refractivity contribution in [3.63, 3.8) is 0 Å². The van der Waals surface area contributed by atoms with Crippen LogP contribution in [0.5, 0.6) is 0 Å². The van der Waals surface area contributed by atoms with Crippen molar-refractivity contribution in [2.24, 2.45) is 11.7 Å². The smallest absolute Gasteiger partial charge is 0.246 e. The van der Waals surface area contributed by atoms with Gasteiger partial charge in [0.15, 0.2) is 0 Å². The van der Waals surface area contributed by atoms with Crippen molar-refractivity contribution in [3.05, 3.63) is 59.3 Å². The van der Waals surface area contributed by atoms with Gasteiger partial charge in [-0.05, 0) is 42.0 Å². The fraction of sp³-hybridized carbons (Fsp3) is 0.320. The summed E-state index contributed by atoms with van der Waals surface area (Å²) < 4.78 is 0. The predicted octanol–water partition coefficient (Wildman–Crippen LogP) is 3.33. The number of nitrogens with zero attached hydrogens (tertiary/aromatic N) is 2. The van der Waals surface area contributed by atoms with Gasteiger partial charge < -0.3 is 11.1 Å². The van der Waals surface area contributed by atoms with Crippen LogP contribution in [0, 0.1) is 12.8 Å². The Morgan fingerprint density at radius 2 is 1.87 bits per heavy atom. The maximum atomic E-state index is 12.6. The third-order valence-electron chi connectivity index (χ3n) is 5.66. The molecule has 0 unspecified atom stereocenters. The van der Waals surface area contributed by atoms with E-state index < -0.39 is 0 Å². The Morgan fingerprint density at radius 1 is 1.13 bits per heavy atom. The molecule has 1 fully saturated rings. The number of amides is 2. The normalized spacial score (nSPS) is 14.4. The second-order valence-electron chi connectivity index (χ2n) is 8.51. The van der Waals surface area contributed by atoms with Gasteiger partial charge in [-0.15, -0.1) is 0 Å². The Bertz CT molecular complexity index is 1150. The van der Waals surface area contributed by atoms with Crippen molar-refractivity contribution in [1.29, 1.82) is 0 Å². The molecule has 0 aliphatic carbocycles. The number of fused-ring (bicyclic) bond motifs is 1. The van der Waals surface area contributed by atoms with Crippen LogP contribution in [-0.4, -0.2) is 29.9 Å². The first-order chi connectivity index (χ1) is 14.9. The Hall–Kier alpha value is -3.25. The minimum absolute atomic E-state index is 0.000223. The number of aromatic nitrogens is 1. The predicted molar refractivity (Wildman–Crippen MR) is 124 cm³/mol. The first kappa shape index (κ1) is 21.0. The summed E-state index contributed by atoms with van der Waals surface area (Å²) in [6, 6.07) is 14.2. The van der Waals surface area contributed by atoms with E-state index in [0.29, 0.717) is 18.2 Å². The van der Waals surface area contributed by atoms with Crippen LogP contribution in [0.2, 0.25) is 0 Å². The molecule has 0 spiro atoms. The topological polar surface area (TPSA) is 88.3 Å². The van der Waals surface area contributed by atoms with Gasteiger partial charge in [0, 0.05) is 17.6 Å². The van der Waals surface area contributed by atoms with Gasteiger partial charge in [-0.1, -0.05) is 55.8 Å². The van der Waals surface area contributed by atoms with E-state index in [9.17, 15) is 9.59 Å². The maximum Gasteiger partial charge on any atom is 0.246 e. The second kappa shape index (κ2) is 8.47. The first-order valence-electron chi connectivity index (χ1n) is 10.7. The van der Waals surface area contributed by atoms with Crippen LogP contribution in [0.1, 0.15) is 30.7 Å². The van der Waals surface area contributed by atoms with Crippen molar-refractivity contribution in [2.45, 2.75) is 33.7 Å². The number of aryl methyl sites for hydroxylation is 1. The van der Waals surface area contributed by atoms with Crippen molar-refractivity contribution in [2.75, 3.05) is 18.0 Å². The highest BCUT2D eigenvalue weighted by Gasteiger charge is 2.27. The van der Waals surface area contributed by atoms with Crippen LogP contribution < -0.4 is 16.0 Å². The number of nitrogens with one attached hydrogen (secondary N) is 1. The molecule has 0 radical (unpaired) electrons. The number of rotatable bonds is 5. The number of para-hydroxylation sites is 1. The maximum absolute atomic E-state index is 12.6. The number of carbonyl (C=O) groups excluding carboxylic acids is 2. The number of hydrogen-bond donors (Lipinski definition) is 2. The zero-order valence-corrected chi connectivity index (χ0v) is 18.2. The van der Waals surface area contributed by atoms with Gasteiger partial charge in [-0.25, -0.2) is 0 Å². The molecule has 31 heavy (non-hydrogen) atoms. The Balaban J connectivity index is 2.03. The van der Waals surface area contributed by atoms with E-state index in [1.165, 1.54) is 10.5 Å². The number of benzene rings is 2. The van der Waals surface area contributed by atoms with Gasteiger partial charge in [0.2, 0.25) is 11.8 Å². The molecule has 3 N–H and O–H groups in total. The molecule has 0 saturated carbocycles. The number of carbonyl (C=O) groups is 2. The molecule has 6 heteroatoms. The Kier molecular flexibility index (Phi) is 5.74. The van der Waals surface area contributed by atoms with Crippen LogP contribution in [0.25, 0.3) is 22.0 Å². The molecule has 2 amide bonds. The molecule has 2 aromatic carbocycles. The largest absolute Gasteiger partial charge is 0.345 e. The van der Waals surface area contributed by atoms with E-state index in [1.54, 1.807) is 0 Å². The summed E-state index contributed by atoms with van der Waals surface area (Å²) in [6.45, 7) is 6.75. The second-order valence-corrected chi connectivity index (χ2v) is 8.51. The lowest BCUT2D eigenvalue weighted by Gasteiger charge is -2.28. The number of pyridine rings is 1. The lowest BCUT2D eigenvalue weighted by molar-refractivity contribution is -0.128. The van der Waals surface area contributed by atoms with Crippen molar-refractivity contribution in [3.8, 4) is 11.1 Å². The third kappa shape index (κ3) is 4.03. The van der Waals surface area contributed by atoms with Gasteiger partial charge in [0.05, 0.1) is 17.7 Å². The number of piperazine rings is 1. The Morgan fingerprint density at radius 3 is 2.55 bits per heavy atom. The van der Waals surface area contributed by atoms with E-state index in [4.69, 9.17) is 10.7 Å². The molecular formula is C25H28N4O2. The van der Waals surface area contributed by atoms with Gasteiger partial charge in [0.25, 0.3) is 0 Å². The fourth-order valence-corrected chi connectivity index (χ4v) is 4.18. The van der Waals surface area contributed by atoms with Crippen LogP contribution in [0.4, 0.5) is 5.69 Å². The summed E-state index contributed by atoms with van der Waals surface area (Å²) in [6.07, 6.45) is 0.782. The van der Waals surface area contributed by atoms with Gasteiger partial charge in [-0.3, -0.25) is 19.5 Å². The zero-order valence-electron chi connectivity index (χ0n) is 18.2. The minimum Gasteiger partial charge on any atom is -0.345 e. The monoisotopic (exact) mass is 416 g/mol. The average molecular weight is 417 g/mol. The van der Waals surface area contributed by atoms with Crippen molar-refractivity contribution >= 4 is 28.4 Å². The summed E-state index contributed by atoms with van der Waals surface area (Å²) in [5.74, 6) is 0.0890. The molecule has 0 atom stereocenters. The van der Waals surface area contributed by atoms with Gasteiger partial charge in [-0.2, -0.15) is 0 Å².